The van der Waals surface area contributed by atoms with Crippen LogP contribution in [-0.2, 0) is 4.79 Å². The minimum absolute atomic E-state index is 0.00411. The molecule has 0 aromatic carbocycles. The van der Waals surface area contributed by atoms with Gasteiger partial charge < -0.3 is 10.6 Å². The number of rotatable bonds is 4. The molecule has 2 N–H and O–H groups in total. The zero-order chi connectivity index (χ0) is 12.3. The molecule has 2 rings (SSSR count). The molecular formula is C13H20N2OS. The number of nitrogens with two attached hydrogens (primary N) is 1. The second-order valence-electron chi connectivity index (χ2n) is 4.55. The highest BCUT2D eigenvalue weighted by atomic mass is 32.1. The molecule has 0 spiro atoms. The first-order chi connectivity index (χ1) is 8.27. The summed E-state index contributed by atoms with van der Waals surface area (Å²) in [7, 11) is 0. The van der Waals surface area contributed by atoms with E-state index in [1.165, 1.54) is 4.88 Å². The van der Waals surface area contributed by atoms with Gasteiger partial charge in [-0.3, -0.25) is 4.79 Å². The first kappa shape index (κ1) is 12.6. The molecule has 1 aliphatic heterocycles. The van der Waals surface area contributed by atoms with Gasteiger partial charge in [-0.15, -0.1) is 11.3 Å². The van der Waals surface area contributed by atoms with Crippen molar-refractivity contribution < 1.29 is 4.79 Å². The van der Waals surface area contributed by atoms with Gasteiger partial charge in [0, 0.05) is 18.0 Å². The summed E-state index contributed by atoms with van der Waals surface area (Å²) in [6.45, 7) is 3.38. The quantitative estimate of drug-likeness (QED) is 0.894. The van der Waals surface area contributed by atoms with E-state index in [9.17, 15) is 4.79 Å². The number of thiophene rings is 1. The lowest BCUT2D eigenvalue weighted by molar-refractivity contribution is -0.136. The van der Waals surface area contributed by atoms with E-state index >= 15 is 0 Å². The lowest BCUT2D eigenvalue weighted by Gasteiger charge is -2.27. The summed E-state index contributed by atoms with van der Waals surface area (Å²) in [6.07, 6.45) is 3.03. The van der Waals surface area contributed by atoms with Crippen LogP contribution in [0.25, 0.3) is 0 Å². The zero-order valence-corrected chi connectivity index (χ0v) is 11.1. The Labute approximate surface area is 107 Å². The molecule has 4 heteroatoms. The van der Waals surface area contributed by atoms with E-state index < -0.39 is 0 Å². The Morgan fingerprint density at radius 3 is 3.12 bits per heavy atom. The standard InChI is InChI=1S/C13H20N2OS/c1-2-10(9-14)13(16)15-7-3-5-11(15)12-6-4-8-17-12/h4,6,8,10-11H,2-3,5,7,9,14H2,1H3. The van der Waals surface area contributed by atoms with Crippen LogP contribution in [-0.4, -0.2) is 23.9 Å². The number of carbonyl (C=O) groups is 1. The maximum Gasteiger partial charge on any atom is 0.227 e. The van der Waals surface area contributed by atoms with Gasteiger partial charge in [0.2, 0.25) is 5.91 Å². The van der Waals surface area contributed by atoms with Gasteiger partial charge in [0.25, 0.3) is 0 Å². The molecule has 1 amide bonds. The fraction of sp³-hybridized carbons (Fsp3) is 0.615. The summed E-state index contributed by atoms with van der Waals surface area (Å²) in [5, 5.41) is 2.08. The van der Waals surface area contributed by atoms with E-state index in [-0.39, 0.29) is 11.8 Å². The maximum atomic E-state index is 12.4. The third-order valence-electron chi connectivity index (χ3n) is 3.53. The van der Waals surface area contributed by atoms with E-state index in [1.807, 2.05) is 11.8 Å². The van der Waals surface area contributed by atoms with Crippen LogP contribution in [0, 0.1) is 5.92 Å². The average Bonchev–Trinajstić information content (AvgIpc) is 3.01. The Hall–Kier alpha value is -0.870. The Kier molecular flexibility index (Phi) is 4.18. The van der Waals surface area contributed by atoms with E-state index in [0.717, 1.165) is 25.8 Å². The molecule has 1 aromatic rings. The van der Waals surface area contributed by atoms with Gasteiger partial charge in [0.15, 0.2) is 0 Å². The van der Waals surface area contributed by atoms with Crippen molar-refractivity contribution in [3.8, 4) is 0 Å². The number of carbonyl (C=O) groups excluding carboxylic acids is 1. The summed E-state index contributed by atoms with van der Waals surface area (Å²) in [6, 6.07) is 4.48. The summed E-state index contributed by atoms with van der Waals surface area (Å²) < 4.78 is 0. The lowest BCUT2D eigenvalue weighted by atomic mass is 10.0. The first-order valence-electron chi connectivity index (χ1n) is 6.31. The van der Waals surface area contributed by atoms with Crippen LogP contribution in [0.3, 0.4) is 0 Å². The molecule has 1 fully saturated rings. The maximum absolute atomic E-state index is 12.4. The summed E-state index contributed by atoms with van der Waals surface area (Å²) in [5.74, 6) is 0.237. The highest BCUT2D eigenvalue weighted by Gasteiger charge is 2.33. The molecule has 1 aliphatic rings. The summed E-state index contributed by atoms with van der Waals surface area (Å²) >= 11 is 1.74. The van der Waals surface area contributed by atoms with Crippen molar-refractivity contribution in [3.05, 3.63) is 22.4 Å². The number of hydrogen-bond donors (Lipinski definition) is 1. The molecule has 0 saturated carbocycles. The third-order valence-corrected chi connectivity index (χ3v) is 4.51. The van der Waals surface area contributed by atoms with Crippen LogP contribution in [0.5, 0.6) is 0 Å². The van der Waals surface area contributed by atoms with Crippen LogP contribution in [0.1, 0.15) is 37.1 Å². The Bertz CT molecular complexity index is 360. The number of nitrogens with zero attached hydrogens (tertiary/aromatic N) is 1. The third kappa shape index (κ3) is 2.53. The first-order valence-corrected chi connectivity index (χ1v) is 7.19. The smallest absolute Gasteiger partial charge is 0.227 e. The molecule has 2 atom stereocenters. The normalized spacial score (nSPS) is 21.8. The fourth-order valence-electron chi connectivity index (χ4n) is 2.48. The molecule has 0 aliphatic carbocycles. The van der Waals surface area contributed by atoms with E-state index in [4.69, 9.17) is 5.73 Å². The fourth-order valence-corrected chi connectivity index (χ4v) is 3.36. The van der Waals surface area contributed by atoms with Crippen LogP contribution < -0.4 is 5.73 Å². The van der Waals surface area contributed by atoms with Crippen molar-refractivity contribution in [1.29, 1.82) is 0 Å². The summed E-state index contributed by atoms with van der Waals surface area (Å²) in [4.78, 5) is 15.7. The van der Waals surface area contributed by atoms with Gasteiger partial charge in [-0.25, -0.2) is 0 Å². The molecule has 1 aromatic heterocycles. The van der Waals surface area contributed by atoms with Crippen LogP contribution in [0.4, 0.5) is 0 Å². The number of likely N-dealkylation sites (tertiary alicyclic amines) is 1. The average molecular weight is 252 g/mol. The van der Waals surface area contributed by atoms with Gasteiger partial charge in [-0.05, 0) is 30.7 Å². The largest absolute Gasteiger partial charge is 0.335 e. The summed E-state index contributed by atoms with van der Waals surface area (Å²) in [5.41, 5.74) is 5.67. The number of hydrogen-bond acceptors (Lipinski definition) is 3. The molecule has 2 unspecified atom stereocenters. The molecule has 1 saturated heterocycles. The Balaban J connectivity index is 2.12. The monoisotopic (exact) mass is 252 g/mol. The van der Waals surface area contributed by atoms with Crippen molar-refractivity contribution in [2.45, 2.75) is 32.2 Å². The highest BCUT2D eigenvalue weighted by Crippen LogP contribution is 2.35. The van der Waals surface area contributed by atoms with Gasteiger partial charge >= 0.3 is 0 Å². The van der Waals surface area contributed by atoms with Crippen molar-refractivity contribution in [3.63, 3.8) is 0 Å². The minimum atomic E-state index is -0.00411. The van der Waals surface area contributed by atoms with Crippen LogP contribution in [0.2, 0.25) is 0 Å². The molecular weight excluding hydrogens is 232 g/mol. The van der Waals surface area contributed by atoms with Crippen molar-refractivity contribution in [1.82, 2.24) is 4.90 Å². The van der Waals surface area contributed by atoms with Crippen molar-refractivity contribution >= 4 is 17.2 Å². The lowest BCUT2D eigenvalue weighted by Crippen LogP contribution is -2.38. The van der Waals surface area contributed by atoms with Crippen molar-refractivity contribution in [2.24, 2.45) is 11.7 Å². The molecule has 3 nitrogen and oxygen atoms in total. The van der Waals surface area contributed by atoms with Crippen molar-refractivity contribution in [2.75, 3.05) is 13.1 Å². The molecule has 2 heterocycles. The van der Waals surface area contributed by atoms with E-state index in [0.29, 0.717) is 12.6 Å². The topological polar surface area (TPSA) is 46.3 Å². The second kappa shape index (κ2) is 5.65. The predicted octanol–water partition coefficient (Wildman–Crippen LogP) is 2.40. The predicted molar refractivity (Wildman–Crippen MR) is 70.8 cm³/mol. The van der Waals surface area contributed by atoms with Gasteiger partial charge in [0.1, 0.15) is 0 Å². The van der Waals surface area contributed by atoms with Crippen LogP contribution in [0.15, 0.2) is 17.5 Å². The van der Waals surface area contributed by atoms with E-state index in [2.05, 4.69) is 17.5 Å². The molecule has 94 valence electrons. The van der Waals surface area contributed by atoms with Gasteiger partial charge in [-0.1, -0.05) is 13.0 Å². The SMILES string of the molecule is CCC(CN)C(=O)N1CCCC1c1cccs1. The molecule has 0 bridgehead atoms. The minimum Gasteiger partial charge on any atom is -0.335 e. The Morgan fingerprint density at radius 2 is 2.53 bits per heavy atom. The molecule has 17 heavy (non-hydrogen) atoms. The Morgan fingerprint density at radius 1 is 1.71 bits per heavy atom. The zero-order valence-electron chi connectivity index (χ0n) is 10.3. The van der Waals surface area contributed by atoms with Crippen LogP contribution >= 0.6 is 11.3 Å². The second-order valence-corrected chi connectivity index (χ2v) is 5.53. The van der Waals surface area contributed by atoms with E-state index in [1.54, 1.807) is 11.3 Å². The highest BCUT2D eigenvalue weighted by molar-refractivity contribution is 7.10. The van der Waals surface area contributed by atoms with Gasteiger partial charge in [-0.2, -0.15) is 0 Å². The van der Waals surface area contributed by atoms with Gasteiger partial charge in [0.05, 0.1) is 12.0 Å². The number of amides is 1. The molecule has 0 radical (unpaired) electrons.